The zero-order valence-electron chi connectivity index (χ0n) is 31.0. The number of rotatable bonds is 5. The van der Waals surface area contributed by atoms with E-state index in [1.54, 1.807) is 11.1 Å². The third-order valence-electron chi connectivity index (χ3n) is 14.2. The molecule has 0 N–H and O–H groups in total. The summed E-state index contributed by atoms with van der Waals surface area (Å²) >= 11 is 0. The lowest BCUT2D eigenvalue weighted by Crippen LogP contribution is -2.55. The second-order valence-electron chi connectivity index (χ2n) is 16.9. The van der Waals surface area contributed by atoms with Crippen LogP contribution in [0.4, 0.5) is 17.1 Å². The van der Waals surface area contributed by atoms with E-state index in [9.17, 15) is 0 Å². The Kier molecular flexibility index (Phi) is 6.88. The van der Waals surface area contributed by atoms with Gasteiger partial charge in [0, 0.05) is 22.2 Å². The molecule has 0 heterocycles. The molecular formula is C54H43N. The van der Waals surface area contributed by atoms with Crippen molar-refractivity contribution in [3.63, 3.8) is 0 Å². The van der Waals surface area contributed by atoms with Gasteiger partial charge in [0.15, 0.2) is 0 Å². The molecule has 0 aromatic heterocycles. The molecule has 0 saturated heterocycles. The van der Waals surface area contributed by atoms with Crippen LogP contribution in [0, 0.1) is 23.7 Å². The third-order valence-corrected chi connectivity index (χ3v) is 14.2. The van der Waals surface area contributed by atoms with E-state index in [1.165, 1.54) is 92.7 Å². The zero-order chi connectivity index (χ0) is 36.1. The van der Waals surface area contributed by atoms with Crippen molar-refractivity contribution in [1.29, 1.82) is 0 Å². The highest BCUT2D eigenvalue weighted by molar-refractivity contribution is 6.14. The first-order valence-corrected chi connectivity index (χ1v) is 20.4. The number of fused-ring (bicyclic) bond motifs is 6. The summed E-state index contributed by atoms with van der Waals surface area (Å²) in [7, 11) is 0. The summed E-state index contributed by atoms with van der Waals surface area (Å²) in [6.07, 6.45) is 7.11. The van der Waals surface area contributed by atoms with Gasteiger partial charge in [0.25, 0.3) is 0 Å². The molecule has 0 radical (unpaired) electrons. The van der Waals surface area contributed by atoms with Crippen LogP contribution >= 0.6 is 0 Å². The van der Waals surface area contributed by atoms with Gasteiger partial charge in [-0.3, -0.25) is 0 Å². The number of nitrogens with zero attached hydrogens (tertiary/aromatic N) is 1. The summed E-state index contributed by atoms with van der Waals surface area (Å²) in [6.45, 7) is 0. The summed E-state index contributed by atoms with van der Waals surface area (Å²) in [4.78, 5) is 2.45. The largest absolute Gasteiger partial charge is 0.310 e. The Bertz CT molecular complexity index is 2730. The quantitative estimate of drug-likeness (QED) is 0.161. The predicted molar refractivity (Wildman–Crippen MR) is 230 cm³/mol. The molecule has 1 heteroatoms. The maximum atomic E-state index is 2.61. The normalized spacial score (nSPS) is 23.0. The van der Waals surface area contributed by atoms with Crippen LogP contribution in [-0.4, -0.2) is 0 Å². The fourth-order valence-electron chi connectivity index (χ4n) is 12.2. The summed E-state index contributed by atoms with van der Waals surface area (Å²) < 4.78 is 0. The molecule has 0 unspecified atom stereocenters. The summed E-state index contributed by atoms with van der Waals surface area (Å²) in [5, 5.41) is 5.05. The molecule has 4 saturated carbocycles. The van der Waals surface area contributed by atoms with Gasteiger partial charge in [-0.05, 0) is 153 Å². The molecule has 4 fully saturated rings. The van der Waals surface area contributed by atoms with Gasteiger partial charge in [-0.25, -0.2) is 0 Å². The smallest absolute Gasteiger partial charge is 0.0546 e. The molecule has 1 spiro atoms. The first kappa shape index (κ1) is 31.4. The average Bonchev–Trinajstić information content (AvgIpc) is 3.53. The topological polar surface area (TPSA) is 3.24 Å². The molecule has 0 aliphatic heterocycles. The second kappa shape index (κ2) is 12.0. The van der Waals surface area contributed by atoms with E-state index >= 15 is 0 Å². The van der Waals surface area contributed by atoms with Gasteiger partial charge in [-0.1, -0.05) is 140 Å². The van der Waals surface area contributed by atoms with Gasteiger partial charge < -0.3 is 4.90 Å². The van der Waals surface area contributed by atoms with Gasteiger partial charge >= 0.3 is 0 Å². The first-order chi connectivity index (χ1) is 27.2. The second-order valence-corrected chi connectivity index (χ2v) is 16.9. The molecule has 1 nitrogen and oxygen atoms in total. The van der Waals surface area contributed by atoms with Crippen LogP contribution in [0.25, 0.3) is 54.9 Å². The van der Waals surface area contributed by atoms with E-state index < -0.39 is 0 Å². The van der Waals surface area contributed by atoms with Gasteiger partial charge in [0.2, 0.25) is 0 Å². The first-order valence-electron chi connectivity index (χ1n) is 20.4. The van der Waals surface area contributed by atoms with Crippen molar-refractivity contribution >= 4 is 38.6 Å². The van der Waals surface area contributed by atoms with E-state index in [1.807, 2.05) is 0 Å². The average molecular weight is 706 g/mol. The van der Waals surface area contributed by atoms with E-state index in [4.69, 9.17) is 0 Å². The molecular weight excluding hydrogens is 663 g/mol. The molecule has 5 aliphatic rings. The van der Waals surface area contributed by atoms with Crippen LogP contribution in [0.5, 0.6) is 0 Å². The zero-order valence-corrected chi connectivity index (χ0v) is 31.0. The fourth-order valence-corrected chi connectivity index (χ4v) is 12.2. The van der Waals surface area contributed by atoms with Crippen LogP contribution < -0.4 is 4.90 Å². The van der Waals surface area contributed by atoms with Crippen LogP contribution in [0.2, 0.25) is 0 Å². The van der Waals surface area contributed by atoms with E-state index in [-0.39, 0.29) is 5.41 Å². The minimum Gasteiger partial charge on any atom is -0.310 e. The fraction of sp³-hybridized carbons (Fsp3) is 0.185. The van der Waals surface area contributed by atoms with Gasteiger partial charge in [-0.15, -0.1) is 0 Å². The van der Waals surface area contributed by atoms with Crippen molar-refractivity contribution in [2.24, 2.45) is 23.7 Å². The summed E-state index contributed by atoms with van der Waals surface area (Å²) in [5.74, 6) is 3.42. The Morgan fingerprint density at radius 2 is 0.909 bits per heavy atom. The number of benzene rings is 8. The SMILES string of the molecule is c1ccc(-c2ccc(N(c3ccc(-c4ccc5c(c4)C4(c6ccccc6-5)C5CC6CC(C5)CC4C6)cc3)c3cc4ccccc4c4ccccc34)cc2)cc1. The van der Waals surface area contributed by atoms with Gasteiger partial charge in [0.1, 0.15) is 0 Å². The Morgan fingerprint density at radius 3 is 1.62 bits per heavy atom. The standard InChI is InChI=1S/C54H43N/c1-2-10-37(11-3-1)38-18-23-44(24-19-38)55(53-34-41-12-4-5-13-46(41)47-14-6-7-16-50(47)53)45-25-20-39(21-26-45)40-22-27-49-48-15-8-9-17-51(48)54(52(49)33-40)42-29-35-28-36(31-42)32-43(54)30-35/h1-27,33-36,42-43H,28-32H2. The van der Waals surface area contributed by atoms with E-state index in [0.717, 1.165) is 35.0 Å². The maximum absolute atomic E-state index is 2.61. The van der Waals surface area contributed by atoms with Crippen molar-refractivity contribution in [2.75, 3.05) is 4.90 Å². The van der Waals surface area contributed by atoms with Crippen molar-refractivity contribution in [2.45, 2.75) is 37.5 Å². The summed E-state index contributed by atoms with van der Waals surface area (Å²) in [5.41, 5.74) is 15.0. The molecule has 8 aromatic carbocycles. The minimum atomic E-state index is 0.176. The van der Waals surface area contributed by atoms with Crippen molar-refractivity contribution in [1.82, 2.24) is 0 Å². The molecule has 13 rings (SSSR count). The van der Waals surface area contributed by atoms with Gasteiger partial charge in [-0.2, -0.15) is 0 Å². The Morgan fingerprint density at radius 1 is 0.382 bits per heavy atom. The van der Waals surface area contributed by atoms with Crippen LogP contribution in [0.3, 0.4) is 0 Å². The summed E-state index contributed by atoms with van der Waals surface area (Å²) in [6, 6.07) is 66.1. The predicted octanol–water partition coefficient (Wildman–Crippen LogP) is 14.5. The molecule has 8 aromatic rings. The Balaban J connectivity index is 0.984. The van der Waals surface area contributed by atoms with E-state index in [0.29, 0.717) is 0 Å². The minimum absolute atomic E-state index is 0.176. The third kappa shape index (κ3) is 4.66. The van der Waals surface area contributed by atoms with E-state index in [2.05, 4.69) is 181 Å². The lowest BCUT2D eigenvalue weighted by atomic mass is 9.43. The maximum Gasteiger partial charge on any atom is 0.0546 e. The number of hydrogen-bond donors (Lipinski definition) is 0. The monoisotopic (exact) mass is 705 g/mol. The highest BCUT2D eigenvalue weighted by Gasteiger charge is 2.61. The molecule has 5 aliphatic carbocycles. The van der Waals surface area contributed by atoms with Crippen molar-refractivity contribution in [3.05, 3.63) is 187 Å². The lowest BCUT2D eigenvalue weighted by Gasteiger charge is -2.61. The lowest BCUT2D eigenvalue weighted by molar-refractivity contribution is -0.0399. The van der Waals surface area contributed by atoms with Crippen LogP contribution in [0.1, 0.15) is 43.2 Å². The highest BCUT2D eigenvalue weighted by Crippen LogP contribution is 2.69. The Hall–Kier alpha value is -5.92. The van der Waals surface area contributed by atoms with Crippen molar-refractivity contribution in [3.8, 4) is 33.4 Å². The van der Waals surface area contributed by atoms with Crippen LogP contribution in [-0.2, 0) is 5.41 Å². The van der Waals surface area contributed by atoms with Crippen LogP contribution in [0.15, 0.2) is 176 Å². The Labute approximate surface area is 323 Å². The molecule has 264 valence electrons. The number of anilines is 3. The molecule has 4 bridgehead atoms. The van der Waals surface area contributed by atoms with Gasteiger partial charge in [0.05, 0.1) is 5.69 Å². The number of hydrogen-bond acceptors (Lipinski definition) is 1. The highest BCUT2D eigenvalue weighted by atomic mass is 15.1. The molecule has 55 heavy (non-hydrogen) atoms. The van der Waals surface area contributed by atoms with Crippen molar-refractivity contribution < 1.29 is 0 Å². The molecule has 0 atom stereocenters. The molecule has 0 amide bonds.